The lowest BCUT2D eigenvalue weighted by Crippen LogP contribution is -2.15. The van der Waals surface area contributed by atoms with Crippen LogP contribution in [0, 0.1) is 12.7 Å². The highest BCUT2D eigenvalue weighted by Gasteiger charge is 2.15. The lowest BCUT2D eigenvalue weighted by atomic mass is 10.1. The fraction of sp³-hybridized carbons (Fsp3) is 0.188. The van der Waals surface area contributed by atoms with Gasteiger partial charge < -0.3 is 16.0 Å². The van der Waals surface area contributed by atoms with Crippen molar-refractivity contribution >= 4 is 23.0 Å². The SMILES string of the molecule is Cc1cc(N)cc(C(=O)Nc2cccc(N(C)C)c2)c1F. The quantitative estimate of drug-likeness (QED) is 0.853. The van der Waals surface area contributed by atoms with Crippen molar-refractivity contribution in [3.8, 4) is 0 Å². The summed E-state index contributed by atoms with van der Waals surface area (Å²) in [6, 6.07) is 10.1. The van der Waals surface area contributed by atoms with Crippen molar-refractivity contribution in [1.29, 1.82) is 0 Å². The molecule has 0 saturated carbocycles. The van der Waals surface area contributed by atoms with Gasteiger partial charge in [-0.25, -0.2) is 4.39 Å². The maximum absolute atomic E-state index is 14.0. The van der Waals surface area contributed by atoms with Crippen LogP contribution >= 0.6 is 0 Å². The fourth-order valence-electron chi connectivity index (χ4n) is 2.02. The minimum atomic E-state index is -0.550. The first-order chi connectivity index (χ1) is 9.88. The smallest absolute Gasteiger partial charge is 0.258 e. The summed E-state index contributed by atoms with van der Waals surface area (Å²) in [6.45, 7) is 1.58. The third kappa shape index (κ3) is 3.31. The van der Waals surface area contributed by atoms with Gasteiger partial charge >= 0.3 is 0 Å². The molecule has 0 spiro atoms. The van der Waals surface area contributed by atoms with E-state index in [0.29, 0.717) is 16.9 Å². The molecule has 0 heterocycles. The zero-order valence-electron chi connectivity index (χ0n) is 12.3. The van der Waals surface area contributed by atoms with Gasteiger partial charge in [0.1, 0.15) is 5.82 Å². The maximum Gasteiger partial charge on any atom is 0.258 e. The van der Waals surface area contributed by atoms with Crippen LogP contribution in [0.4, 0.5) is 21.5 Å². The van der Waals surface area contributed by atoms with E-state index >= 15 is 0 Å². The average molecular weight is 287 g/mol. The van der Waals surface area contributed by atoms with Crippen LogP contribution in [0.2, 0.25) is 0 Å². The summed E-state index contributed by atoms with van der Waals surface area (Å²) >= 11 is 0. The van der Waals surface area contributed by atoms with Gasteiger partial charge in [0.2, 0.25) is 0 Å². The van der Waals surface area contributed by atoms with Gasteiger partial charge in [0.15, 0.2) is 0 Å². The minimum Gasteiger partial charge on any atom is -0.399 e. The standard InChI is InChI=1S/C16H18FN3O/c1-10-7-11(18)8-14(15(10)17)16(21)19-12-5-4-6-13(9-12)20(2)3/h4-9H,18H2,1-3H3,(H,19,21). The van der Waals surface area contributed by atoms with Gasteiger partial charge in [-0.2, -0.15) is 0 Å². The van der Waals surface area contributed by atoms with Crippen molar-refractivity contribution in [3.05, 3.63) is 53.3 Å². The van der Waals surface area contributed by atoms with Crippen molar-refractivity contribution in [2.75, 3.05) is 30.0 Å². The van der Waals surface area contributed by atoms with Crippen LogP contribution in [-0.4, -0.2) is 20.0 Å². The number of aryl methyl sites for hydroxylation is 1. The highest BCUT2D eigenvalue weighted by Crippen LogP contribution is 2.21. The Morgan fingerprint density at radius 2 is 1.95 bits per heavy atom. The molecule has 2 aromatic carbocycles. The Bertz CT molecular complexity index is 683. The zero-order chi connectivity index (χ0) is 15.6. The summed E-state index contributed by atoms with van der Waals surface area (Å²) in [5, 5.41) is 2.69. The molecule has 110 valence electrons. The normalized spacial score (nSPS) is 10.3. The summed E-state index contributed by atoms with van der Waals surface area (Å²) in [5.41, 5.74) is 7.87. The molecular formula is C16H18FN3O. The van der Waals surface area contributed by atoms with Crippen molar-refractivity contribution in [2.45, 2.75) is 6.92 Å². The summed E-state index contributed by atoms with van der Waals surface area (Å²) in [5.74, 6) is -1.07. The highest BCUT2D eigenvalue weighted by molar-refractivity contribution is 6.05. The van der Waals surface area contributed by atoms with E-state index in [9.17, 15) is 9.18 Å². The molecule has 0 aromatic heterocycles. The number of nitrogens with two attached hydrogens (primary N) is 1. The number of amides is 1. The molecule has 4 nitrogen and oxygen atoms in total. The van der Waals surface area contributed by atoms with Crippen LogP contribution in [0.3, 0.4) is 0 Å². The molecule has 2 rings (SSSR count). The van der Waals surface area contributed by atoms with Gasteiger partial charge in [0.05, 0.1) is 5.56 Å². The van der Waals surface area contributed by atoms with E-state index in [1.165, 1.54) is 12.1 Å². The van der Waals surface area contributed by atoms with Crippen LogP contribution in [0.15, 0.2) is 36.4 Å². The van der Waals surface area contributed by atoms with Gasteiger partial charge in [-0.1, -0.05) is 6.07 Å². The maximum atomic E-state index is 14.0. The Hall–Kier alpha value is -2.56. The minimum absolute atomic E-state index is 0.0530. The number of carbonyl (C=O) groups is 1. The largest absolute Gasteiger partial charge is 0.399 e. The number of hydrogen-bond acceptors (Lipinski definition) is 3. The van der Waals surface area contributed by atoms with E-state index in [2.05, 4.69) is 5.32 Å². The zero-order valence-corrected chi connectivity index (χ0v) is 12.3. The van der Waals surface area contributed by atoms with E-state index < -0.39 is 11.7 Å². The Labute approximate surface area is 123 Å². The molecular weight excluding hydrogens is 269 g/mol. The summed E-state index contributed by atoms with van der Waals surface area (Å²) in [4.78, 5) is 14.1. The van der Waals surface area contributed by atoms with Crippen LogP contribution in [0.1, 0.15) is 15.9 Å². The molecule has 5 heteroatoms. The van der Waals surface area contributed by atoms with E-state index in [-0.39, 0.29) is 5.56 Å². The van der Waals surface area contributed by atoms with Gasteiger partial charge in [-0.15, -0.1) is 0 Å². The van der Waals surface area contributed by atoms with Gasteiger partial charge in [-0.05, 0) is 42.8 Å². The van der Waals surface area contributed by atoms with Gasteiger partial charge in [0, 0.05) is 31.2 Å². The van der Waals surface area contributed by atoms with Crippen LogP contribution in [0.25, 0.3) is 0 Å². The van der Waals surface area contributed by atoms with Crippen LogP contribution < -0.4 is 16.0 Å². The fourth-order valence-corrected chi connectivity index (χ4v) is 2.02. The molecule has 0 aliphatic carbocycles. The first-order valence-corrected chi connectivity index (χ1v) is 6.53. The number of nitrogens with zero attached hydrogens (tertiary/aromatic N) is 1. The number of rotatable bonds is 3. The molecule has 0 bridgehead atoms. The Kier molecular flexibility index (Phi) is 4.12. The third-order valence-corrected chi connectivity index (χ3v) is 3.14. The van der Waals surface area contributed by atoms with Crippen LogP contribution in [0.5, 0.6) is 0 Å². The van der Waals surface area contributed by atoms with Gasteiger partial charge in [0.25, 0.3) is 5.91 Å². The lowest BCUT2D eigenvalue weighted by Gasteiger charge is -2.14. The molecule has 3 N–H and O–H groups in total. The molecule has 1 amide bonds. The second-order valence-corrected chi connectivity index (χ2v) is 5.10. The third-order valence-electron chi connectivity index (χ3n) is 3.14. The lowest BCUT2D eigenvalue weighted by molar-refractivity contribution is 0.102. The second-order valence-electron chi connectivity index (χ2n) is 5.10. The first kappa shape index (κ1) is 14.8. The summed E-state index contributed by atoms with van der Waals surface area (Å²) in [6.07, 6.45) is 0. The van der Waals surface area contributed by atoms with Gasteiger partial charge in [-0.3, -0.25) is 4.79 Å². The topological polar surface area (TPSA) is 58.4 Å². The predicted octanol–water partition coefficient (Wildman–Crippen LogP) is 3.03. The van der Waals surface area contributed by atoms with Crippen molar-refractivity contribution < 1.29 is 9.18 Å². The highest BCUT2D eigenvalue weighted by atomic mass is 19.1. The van der Waals surface area contributed by atoms with E-state index in [1.54, 1.807) is 13.0 Å². The molecule has 0 unspecified atom stereocenters. The Morgan fingerprint density at radius 3 is 2.62 bits per heavy atom. The predicted molar refractivity (Wildman–Crippen MR) is 84.3 cm³/mol. The number of nitrogens with one attached hydrogen (secondary N) is 1. The number of benzene rings is 2. The number of halogens is 1. The van der Waals surface area contributed by atoms with Crippen LogP contribution in [-0.2, 0) is 0 Å². The number of carbonyl (C=O) groups excluding carboxylic acids is 1. The molecule has 0 atom stereocenters. The molecule has 2 aromatic rings. The number of hydrogen-bond donors (Lipinski definition) is 2. The number of anilines is 3. The Balaban J connectivity index is 2.28. The molecule has 0 radical (unpaired) electrons. The Morgan fingerprint density at radius 1 is 1.24 bits per heavy atom. The van der Waals surface area contributed by atoms with E-state index in [4.69, 9.17) is 5.73 Å². The van der Waals surface area contributed by atoms with Crippen molar-refractivity contribution in [2.24, 2.45) is 0 Å². The number of nitrogen functional groups attached to an aromatic ring is 1. The van der Waals surface area contributed by atoms with E-state index in [0.717, 1.165) is 5.69 Å². The van der Waals surface area contributed by atoms with Crippen molar-refractivity contribution in [3.63, 3.8) is 0 Å². The second kappa shape index (κ2) is 5.83. The average Bonchev–Trinajstić information content (AvgIpc) is 2.43. The van der Waals surface area contributed by atoms with E-state index in [1.807, 2.05) is 37.2 Å². The summed E-state index contributed by atoms with van der Waals surface area (Å²) < 4.78 is 14.0. The summed E-state index contributed by atoms with van der Waals surface area (Å²) in [7, 11) is 3.81. The van der Waals surface area contributed by atoms with Crippen molar-refractivity contribution in [1.82, 2.24) is 0 Å². The molecule has 0 saturated heterocycles. The monoisotopic (exact) mass is 287 g/mol. The molecule has 21 heavy (non-hydrogen) atoms. The molecule has 0 fully saturated rings. The first-order valence-electron chi connectivity index (χ1n) is 6.53. The molecule has 0 aliphatic heterocycles. The molecule has 0 aliphatic rings.